The molecule has 0 unspecified atom stereocenters. The molecule has 0 saturated heterocycles. The molecule has 1 aliphatic heterocycles. The second-order valence-electron chi connectivity index (χ2n) is 10.2. The molecule has 0 atom stereocenters. The Morgan fingerprint density at radius 3 is 2.09 bits per heavy atom. The maximum atomic E-state index is 13.6. The third-order valence-corrected chi connectivity index (χ3v) is 7.30. The first-order valence-corrected chi connectivity index (χ1v) is 12.5. The maximum absolute atomic E-state index is 13.6. The van der Waals surface area contributed by atoms with Gasteiger partial charge in [-0.25, -0.2) is 8.96 Å². The van der Waals surface area contributed by atoms with E-state index in [1.165, 1.54) is 56.9 Å². The number of hydrogen-bond acceptors (Lipinski definition) is 0. The SMILES string of the molecule is CC(C)c1cccc(C(C)C)c1-[n+]1c2n(c3cc(-c4ccc(F)cc4)ccc31)Cc1ccccc1-2. The molecule has 0 aliphatic carbocycles. The van der Waals surface area contributed by atoms with Gasteiger partial charge in [-0.05, 0) is 59.4 Å². The molecule has 3 heteroatoms. The fraction of sp³-hybridized carbons (Fsp3) is 0.219. The number of para-hydroxylation sites is 1. The summed E-state index contributed by atoms with van der Waals surface area (Å²) in [6.45, 7) is 9.97. The van der Waals surface area contributed by atoms with E-state index in [1.54, 1.807) is 0 Å². The fourth-order valence-corrected chi connectivity index (χ4v) is 5.57. The van der Waals surface area contributed by atoms with E-state index in [2.05, 4.69) is 97.5 Å². The Morgan fingerprint density at radius 1 is 0.743 bits per heavy atom. The van der Waals surface area contributed by atoms with Crippen molar-refractivity contribution in [2.75, 3.05) is 0 Å². The van der Waals surface area contributed by atoms with Crippen LogP contribution in [0.2, 0.25) is 0 Å². The number of halogens is 1. The van der Waals surface area contributed by atoms with Gasteiger partial charge in [-0.1, -0.05) is 76.2 Å². The summed E-state index contributed by atoms with van der Waals surface area (Å²) in [6, 6.07) is 29.0. The predicted molar refractivity (Wildman–Crippen MR) is 142 cm³/mol. The van der Waals surface area contributed by atoms with Crippen LogP contribution in [-0.4, -0.2) is 4.57 Å². The number of nitrogens with zero attached hydrogens (tertiary/aromatic N) is 2. The molecular formula is C32H30FN2+. The minimum atomic E-state index is -0.210. The van der Waals surface area contributed by atoms with Crippen LogP contribution in [0.1, 0.15) is 56.2 Å². The highest BCUT2D eigenvalue weighted by Gasteiger charge is 2.36. The van der Waals surface area contributed by atoms with Gasteiger partial charge in [0.05, 0.1) is 5.56 Å². The van der Waals surface area contributed by atoms with E-state index >= 15 is 0 Å². The van der Waals surface area contributed by atoms with E-state index in [0.717, 1.165) is 17.7 Å². The molecule has 2 nitrogen and oxygen atoms in total. The zero-order valence-corrected chi connectivity index (χ0v) is 20.7. The molecule has 6 rings (SSSR count). The van der Waals surface area contributed by atoms with E-state index in [-0.39, 0.29) is 5.82 Å². The molecular weight excluding hydrogens is 431 g/mol. The molecule has 0 N–H and O–H groups in total. The van der Waals surface area contributed by atoms with Gasteiger partial charge in [-0.3, -0.25) is 0 Å². The molecule has 174 valence electrons. The lowest BCUT2D eigenvalue weighted by Gasteiger charge is -2.18. The molecule has 0 amide bonds. The summed E-state index contributed by atoms with van der Waals surface area (Å²) < 4.78 is 18.5. The molecule has 0 fully saturated rings. The Balaban J connectivity index is 1.71. The first-order valence-electron chi connectivity index (χ1n) is 12.5. The minimum absolute atomic E-state index is 0.210. The Labute approximate surface area is 206 Å². The lowest BCUT2D eigenvalue weighted by Crippen LogP contribution is -2.35. The van der Waals surface area contributed by atoms with Crippen molar-refractivity contribution in [3.05, 3.63) is 107 Å². The molecule has 1 aliphatic rings. The normalized spacial score (nSPS) is 12.5. The molecule has 0 bridgehead atoms. The van der Waals surface area contributed by atoms with Gasteiger partial charge >= 0.3 is 0 Å². The van der Waals surface area contributed by atoms with E-state index < -0.39 is 0 Å². The van der Waals surface area contributed by atoms with Crippen LogP contribution in [0, 0.1) is 5.82 Å². The lowest BCUT2D eigenvalue weighted by atomic mass is 9.92. The molecule has 2 heterocycles. The van der Waals surface area contributed by atoms with Crippen LogP contribution in [0.15, 0.2) is 84.9 Å². The fourth-order valence-electron chi connectivity index (χ4n) is 5.57. The summed E-state index contributed by atoms with van der Waals surface area (Å²) in [5.74, 6) is 1.83. The molecule has 5 aromatic rings. The van der Waals surface area contributed by atoms with Gasteiger partial charge in [-0.2, -0.15) is 4.57 Å². The van der Waals surface area contributed by atoms with Gasteiger partial charge in [0.25, 0.3) is 5.82 Å². The molecule has 0 spiro atoms. The molecule has 0 saturated carbocycles. The van der Waals surface area contributed by atoms with Gasteiger partial charge in [0.2, 0.25) is 0 Å². The number of rotatable bonds is 4. The smallest absolute Gasteiger partial charge is 0.218 e. The average molecular weight is 462 g/mol. The topological polar surface area (TPSA) is 8.81 Å². The minimum Gasteiger partial charge on any atom is -0.218 e. The predicted octanol–water partition coefficient (Wildman–Crippen LogP) is 8.00. The van der Waals surface area contributed by atoms with Crippen LogP contribution in [0.4, 0.5) is 4.39 Å². The summed E-state index contributed by atoms with van der Waals surface area (Å²) >= 11 is 0. The zero-order valence-electron chi connectivity index (χ0n) is 20.7. The van der Waals surface area contributed by atoms with Crippen LogP contribution >= 0.6 is 0 Å². The maximum Gasteiger partial charge on any atom is 0.295 e. The summed E-state index contributed by atoms with van der Waals surface area (Å²) in [4.78, 5) is 0. The first-order chi connectivity index (χ1) is 16.9. The summed E-state index contributed by atoms with van der Waals surface area (Å²) in [5, 5.41) is 0. The first kappa shape index (κ1) is 21.8. The van der Waals surface area contributed by atoms with Crippen molar-refractivity contribution in [3.8, 4) is 28.2 Å². The third kappa shape index (κ3) is 3.41. The highest BCUT2D eigenvalue weighted by molar-refractivity contribution is 5.85. The van der Waals surface area contributed by atoms with Crippen LogP contribution in [0.25, 0.3) is 39.2 Å². The van der Waals surface area contributed by atoms with Crippen molar-refractivity contribution < 1.29 is 8.96 Å². The Hall–Kier alpha value is -3.72. The van der Waals surface area contributed by atoms with E-state index in [0.29, 0.717) is 11.8 Å². The van der Waals surface area contributed by atoms with Crippen LogP contribution in [0.3, 0.4) is 0 Å². The van der Waals surface area contributed by atoms with Crippen molar-refractivity contribution >= 4 is 11.0 Å². The summed E-state index contributed by atoms with van der Waals surface area (Å²) in [6.07, 6.45) is 0. The van der Waals surface area contributed by atoms with Gasteiger partial charge in [0.1, 0.15) is 18.0 Å². The molecule has 1 aromatic heterocycles. The van der Waals surface area contributed by atoms with E-state index in [4.69, 9.17) is 0 Å². The van der Waals surface area contributed by atoms with Gasteiger partial charge in [-0.15, -0.1) is 0 Å². The van der Waals surface area contributed by atoms with Crippen LogP contribution in [-0.2, 0) is 6.54 Å². The highest BCUT2D eigenvalue weighted by Crippen LogP contribution is 2.38. The standard InChI is InChI=1S/C32H30FN2/c1-20(2)26-10-7-11-27(21(3)4)31(26)35-29-17-14-23(22-12-15-25(33)16-13-22)18-30(29)34-19-24-8-5-6-9-28(24)32(34)35/h5-18,20-21H,19H2,1-4H3/q+1. The van der Waals surface area contributed by atoms with Crippen molar-refractivity contribution in [2.45, 2.75) is 46.1 Å². The van der Waals surface area contributed by atoms with Crippen molar-refractivity contribution in [1.29, 1.82) is 0 Å². The second kappa shape index (κ2) is 8.20. The number of fused-ring (bicyclic) bond motifs is 5. The van der Waals surface area contributed by atoms with E-state index in [9.17, 15) is 4.39 Å². The Morgan fingerprint density at radius 2 is 1.40 bits per heavy atom. The van der Waals surface area contributed by atoms with Gasteiger partial charge in [0, 0.05) is 16.7 Å². The number of imidazole rings is 1. The average Bonchev–Trinajstić information content (AvgIpc) is 3.38. The Bertz CT molecular complexity index is 1550. The number of benzene rings is 4. The van der Waals surface area contributed by atoms with Crippen LogP contribution in [0.5, 0.6) is 0 Å². The van der Waals surface area contributed by atoms with Gasteiger partial charge in [0.15, 0.2) is 11.0 Å². The molecule has 4 aromatic carbocycles. The van der Waals surface area contributed by atoms with E-state index in [1.807, 2.05) is 12.1 Å². The summed E-state index contributed by atoms with van der Waals surface area (Å²) in [7, 11) is 0. The lowest BCUT2D eigenvalue weighted by molar-refractivity contribution is -0.556. The van der Waals surface area contributed by atoms with Crippen molar-refractivity contribution in [2.24, 2.45) is 0 Å². The molecule has 0 radical (unpaired) electrons. The zero-order chi connectivity index (χ0) is 24.3. The summed E-state index contributed by atoms with van der Waals surface area (Å²) in [5.41, 5.74) is 11.2. The quantitative estimate of drug-likeness (QED) is 0.235. The largest absolute Gasteiger partial charge is 0.295 e. The second-order valence-corrected chi connectivity index (χ2v) is 10.2. The number of hydrogen-bond donors (Lipinski definition) is 0. The van der Waals surface area contributed by atoms with Crippen molar-refractivity contribution in [3.63, 3.8) is 0 Å². The Kier molecular flexibility index (Phi) is 5.10. The van der Waals surface area contributed by atoms with Gasteiger partial charge < -0.3 is 0 Å². The highest BCUT2D eigenvalue weighted by atomic mass is 19.1. The third-order valence-electron chi connectivity index (χ3n) is 7.30. The molecule has 35 heavy (non-hydrogen) atoms. The van der Waals surface area contributed by atoms with Crippen LogP contribution < -0.4 is 4.57 Å². The van der Waals surface area contributed by atoms with Crippen molar-refractivity contribution in [1.82, 2.24) is 4.57 Å². The number of aromatic nitrogens is 2. The monoisotopic (exact) mass is 461 g/mol.